The van der Waals surface area contributed by atoms with Gasteiger partial charge in [-0.15, -0.1) is 0 Å². The van der Waals surface area contributed by atoms with E-state index in [0.29, 0.717) is 22.9 Å². The van der Waals surface area contributed by atoms with Crippen LogP contribution in [0.4, 0.5) is 10.2 Å². The SMILES string of the molecule is Fc1ccccc1-c1cc(NC2CC2)n2nccc2n1. The van der Waals surface area contributed by atoms with Crippen molar-refractivity contribution in [2.24, 2.45) is 0 Å². The van der Waals surface area contributed by atoms with Crippen LogP contribution < -0.4 is 5.32 Å². The summed E-state index contributed by atoms with van der Waals surface area (Å²) in [6.45, 7) is 0. The van der Waals surface area contributed by atoms with Crippen molar-refractivity contribution in [1.29, 1.82) is 0 Å². The zero-order valence-electron chi connectivity index (χ0n) is 10.8. The van der Waals surface area contributed by atoms with E-state index in [-0.39, 0.29) is 5.82 Å². The maximum atomic E-state index is 13.9. The summed E-state index contributed by atoms with van der Waals surface area (Å²) >= 11 is 0. The largest absolute Gasteiger partial charge is 0.367 e. The van der Waals surface area contributed by atoms with Crippen molar-refractivity contribution in [3.63, 3.8) is 0 Å². The van der Waals surface area contributed by atoms with Crippen molar-refractivity contribution >= 4 is 11.5 Å². The van der Waals surface area contributed by atoms with Crippen LogP contribution in [0.2, 0.25) is 0 Å². The zero-order valence-corrected chi connectivity index (χ0v) is 10.8. The quantitative estimate of drug-likeness (QED) is 0.793. The fraction of sp³-hybridized carbons (Fsp3) is 0.200. The van der Waals surface area contributed by atoms with Crippen LogP contribution in [-0.2, 0) is 0 Å². The molecule has 100 valence electrons. The predicted molar refractivity (Wildman–Crippen MR) is 75.0 cm³/mol. The minimum absolute atomic E-state index is 0.263. The first-order valence-corrected chi connectivity index (χ1v) is 6.67. The zero-order chi connectivity index (χ0) is 13.5. The molecule has 1 N–H and O–H groups in total. The average Bonchev–Trinajstić information content (AvgIpc) is 3.13. The minimum Gasteiger partial charge on any atom is -0.367 e. The third-order valence-electron chi connectivity index (χ3n) is 3.44. The Morgan fingerprint density at radius 1 is 1.20 bits per heavy atom. The molecule has 0 atom stereocenters. The third-order valence-corrected chi connectivity index (χ3v) is 3.44. The van der Waals surface area contributed by atoms with E-state index in [2.05, 4.69) is 15.4 Å². The fourth-order valence-corrected chi connectivity index (χ4v) is 2.26. The normalized spacial score (nSPS) is 14.7. The van der Waals surface area contributed by atoms with E-state index in [1.807, 2.05) is 18.2 Å². The molecule has 1 fully saturated rings. The lowest BCUT2D eigenvalue weighted by atomic mass is 10.1. The molecule has 2 aromatic heterocycles. The Kier molecular flexibility index (Phi) is 2.45. The van der Waals surface area contributed by atoms with E-state index in [4.69, 9.17) is 0 Å². The molecule has 2 heterocycles. The van der Waals surface area contributed by atoms with Crippen LogP contribution in [0, 0.1) is 5.82 Å². The number of hydrogen-bond donors (Lipinski definition) is 1. The minimum atomic E-state index is -0.263. The molecule has 0 aliphatic heterocycles. The van der Waals surface area contributed by atoms with Gasteiger partial charge in [0, 0.05) is 23.7 Å². The van der Waals surface area contributed by atoms with Gasteiger partial charge in [-0.25, -0.2) is 9.37 Å². The smallest absolute Gasteiger partial charge is 0.157 e. The number of benzene rings is 1. The summed E-state index contributed by atoms with van der Waals surface area (Å²) in [5.74, 6) is 0.599. The van der Waals surface area contributed by atoms with Crippen LogP contribution in [0.3, 0.4) is 0 Å². The topological polar surface area (TPSA) is 42.2 Å². The van der Waals surface area contributed by atoms with Crippen molar-refractivity contribution in [3.05, 3.63) is 48.4 Å². The van der Waals surface area contributed by atoms with Gasteiger partial charge in [0.25, 0.3) is 0 Å². The molecule has 20 heavy (non-hydrogen) atoms. The molecule has 0 unspecified atom stereocenters. The van der Waals surface area contributed by atoms with Crippen LogP contribution >= 0.6 is 0 Å². The molecule has 3 aromatic rings. The molecule has 0 saturated heterocycles. The van der Waals surface area contributed by atoms with Crippen LogP contribution in [0.25, 0.3) is 16.9 Å². The summed E-state index contributed by atoms with van der Waals surface area (Å²) in [7, 11) is 0. The number of aromatic nitrogens is 3. The van der Waals surface area contributed by atoms with Crippen LogP contribution in [0.1, 0.15) is 12.8 Å². The summed E-state index contributed by atoms with van der Waals surface area (Å²) < 4.78 is 15.7. The van der Waals surface area contributed by atoms with Gasteiger partial charge in [0.15, 0.2) is 5.65 Å². The second kappa shape index (κ2) is 4.30. The molecule has 0 bridgehead atoms. The monoisotopic (exact) mass is 268 g/mol. The Bertz CT molecular complexity index is 776. The van der Waals surface area contributed by atoms with Gasteiger partial charge < -0.3 is 5.32 Å². The molecule has 4 rings (SSSR count). The second-order valence-electron chi connectivity index (χ2n) is 5.03. The predicted octanol–water partition coefficient (Wildman–Crippen LogP) is 3.11. The Balaban J connectivity index is 1.89. The first kappa shape index (κ1) is 11.4. The Morgan fingerprint density at radius 3 is 2.85 bits per heavy atom. The van der Waals surface area contributed by atoms with Crippen LogP contribution in [0.5, 0.6) is 0 Å². The standard InChI is InChI=1S/C15H13FN4/c16-12-4-2-1-3-11(12)13-9-15(18-10-5-6-10)20-14(19-13)7-8-17-20/h1-4,7-10,18H,5-6H2. The van der Waals surface area contributed by atoms with Crippen LogP contribution in [-0.4, -0.2) is 20.6 Å². The number of rotatable bonds is 3. The number of anilines is 1. The molecule has 0 amide bonds. The second-order valence-corrected chi connectivity index (χ2v) is 5.03. The first-order valence-electron chi connectivity index (χ1n) is 6.67. The van der Waals surface area contributed by atoms with Gasteiger partial charge in [0.1, 0.15) is 11.6 Å². The van der Waals surface area contributed by atoms with E-state index in [0.717, 1.165) is 5.82 Å². The molecular weight excluding hydrogens is 255 g/mol. The van der Waals surface area contributed by atoms with E-state index >= 15 is 0 Å². The van der Waals surface area contributed by atoms with Gasteiger partial charge in [-0.3, -0.25) is 0 Å². The van der Waals surface area contributed by atoms with Crippen molar-refractivity contribution in [1.82, 2.24) is 14.6 Å². The summed E-state index contributed by atoms with van der Waals surface area (Å²) in [5.41, 5.74) is 1.85. The lowest BCUT2D eigenvalue weighted by molar-refractivity contribution is 0.630. The summed E-state index contributed by atoms with van der Waals surface area (Å²) in [4.78, 5) is 4.48. The highest BCUT2D eigenvalue weighted by atomic mass is 19.1. The van der Waals surface area contributed by atoms with E-state index in [1.54, 1.807) is 22.8 Å². The Hall–Kier alpha value is -2.43. The molecule has 1 aromatic carbocycles. The van der Waals surface area contributed by atoms with E-state index < -0.39 is 0 Å². The van der Waals surface area contributed by atoms with E-state index in [9.17, 15) is 4.39 Å². The summed E-state index contributed by atoms with van der Waals surface area (Å²) in [5, 5.41) is 7.67. The van der Waals surface area contributed by atoms with Gasteiger partial charge in [0.2, 0.25) is 0 Å². The molecule has 4 nitrogen and oxygen atoms in total. The van der Waals surface area contributed by atoms with Crippen molar-refractivity contribution in [2.45, 2.75) is 18.9 Å². The number of nitrogens with zero attached hydrogens (tertiary/aromatic N) is 3. The maximum absolute atomic E-state index is 13.9. The van der Waals surface area contributed by atoms with E-state index in [1.165, 1.54) is 18.9 Å². The molecular formula is C15H13FN4. The lowest BCUT2D eigenvalue weighted by Gasteiger charge is -2.10. The fourth-order valence-electron chi connectivity index (χ4n) is 2.26. The molecule has 5 heteroatoms. The molecule has 0 spiro atoms. The van der Waals surface area contributed by atoms with Crippen molar-refractivity contribution < 1.29 is 4.39 Å². The number of fused-ring (bicyclic) bond motifs is 1. The Labute approximate surface area is 115 Å². The lowest BCUT2D eigenvalue weighted by Crippen LogP contribution is -2.08. The number of halogens is 1. The highest BCUT2D eigenvalue weighted by Crippen LogP contribution is 2.28. The average molecular weight is 268 g/mol. The highest BCUT2D eigenvalue weighted by Gasteiger charge is 2.22. The summed E-state index contributed by atoms with van der Waals surface area (Å²) in [6, 6.07) is 10.9. The Morgan fingerprint density at radius 2 is 2.05 bits per heavy atom. The van der Waals surface area contributed by atoms with Gasteiger partial charge in [-0.05, 0) is 25.0 Å². The van der Waals surface area contributed by atoms with Gasteiger partial charge in [-0.2, -0.15) is 9.61 Å². The molecule has 1 aliphatic rings. The maximum Gasteiger partial charge on any atom is 0.157 e. The first-order chi connectivity index (χ1) is 9.81. The molecule has 0 radical (unpaired) electrons. The van der Waals surface area contributed by atoms with Gasteiger partial charge >= 0.3 is 0 Å². The number of hydrogen-bond acceptors (Lipinski definition) is 3. The summed E-state index contributed by atoms with van der Waals surface area (Å²) in [6.07, 6.45) is 4.03. The third kappa shape index (κ3) is 1.91. The van der Waals surface area contributed by atoms with Crippen molar-refractivity contribution in [2.75, 3.05) is 5.32 Å². The number of nitrogens with one attached hydrogen (secondary N) is 1. The van der Waals surface area contributed by atoms with Crippen LogP contribution in [0.15, 0.2) is 42.6 Å². The molecule has 1 aliphatic carbocycles. The highest BCUT2D eigenvalue weighted by molar-refractivity contribution is 5.67. The molecule has 1 saturated carbocycles. The van der Waals surface area contributed by atoms with Crippen molar-refractivity contribution in [3.8, 4) is 11.3 Å². The van der Waals surface area contributed by atoms with Gasteiger partial charge in [-0.1, -0.05) is 12.1 Å². The van der Waals surface area contributed by atoms with Gasteiger partial charge in [0.05, 0.1) is 11.9 Å².